The van der Waals surface area contributed by atoms with E-state index in [0.29, 0.717) is 6.54 Å². The minimum atomic E-state index is -0.154. The van der Waals surface area contributed by atoms with Gasteiger partial charge in [-0.25, -0.2) is 4.79 Å². The fourth-order valence-electron chi connectivity index (χ4n) is 1.68. The third-order valence-corrected chi connectivity index (χ3v) is 3.17. The quantitative estimate of drug-likeness (QED) is 0.847. The first-order chi connectivity index (χ1) is 7.85. The van der Waals surface area contributed by atoms with E-state index in [4.69, 9.17) is 0 Å². The molecule has 0 amide bonds. The molecule has 0 aliphatic carbocycles. The Morgan fingerprint density at radius 3 is 2.59 bits per heavy atom. The SMILES string of the molecule is CCC(C)(C)NCCn1c(C)cc(C)nc1=O. The van der Waals surface area contributed by atoms with E-state index in [1.807, 2.05) is 19.9 Å². The molecule has 1 rings (SSSR count). The van der Waals surface area contributed by atoms with Crippen LogP contribution in [0.25, 0.3) is 0 Å². The second kappa shape index (κ2) is 5.45. The summed E-state index contributed by atoms with van der Waals surface area (Å²) < 4.78 is 1.71. The Bertz CT molecular complexity index is 435. The minimum Gasteiger partial charge on any atom is -0.310 e. The summed E-state index contributed by atoms with van der Waals surface area (Å²) in [5.41, 5.74) is 1.72. The van der Waals surface area contributed by atoms with E-state index in [1.54, 1.807) is 4.57 Å². The molecule has 0 spiro atoms. The molecule has 1 heterocycles. The average molecular weight is 237 g/mol. The van der Waals surface area contributed by atoms with Gasteiger partial charge >= 0.3 is 5.69 Å². The van der Waals surface area contributed by atoms with Crippen LogP contribution in [0.15, 0.2) is 10.9 Å². The van der Waals surface area contributed by atoms with Crippen LogP contribution in [0.5, 0.6) is 0 Å². The lowest BCUT2D eigenvalue weighted by molar-refractivity contribution is 0.365. The van der Waals surface area contributed by atoms with Crippen LogP contribution < -0.4 is 11.0 Å². The zero-order valence-corrected chi connectivity index (χ0v) is 11.5. The van der Waals surface area contributed by atoms with Gasteiger partial charge in [0, 0.05) is 30.0 Å². The lowest BCUT2D eigenvalue weighted by atomic mass is 10.0. The van der Waals surface area contributed by atoms with Crippen LogP contribution in [-0.4, -0.2) is 21.6 Å². The topological polar surface area (TPSA) is 46.9 Å². The Morgan fingerprint density at radius 1 is 1.41 bits per heavy atom. The Balaban J connectivity index is 2.68. The number of nitrogens with one attached hydrogen (secondary N) is 1. The molecule has 0 fully saturated rings. The molecule has 4 nitrogen and oxygen atoms in total. The standard InChI is InChI=1S/C13H23N3O/c1-6-13(4,5)14-7-8-16-11(3)9-10(2)15-12(16)17/h9,14H,6-8H2,1-5H3. The third-order valence-electron chi connectivity index (χ3n) is 3.17. The van der Waals surface area contributed by atoms with Crippen LogP contribution in [0, 0.1) is 13.8 Å². The molecule has 0 saturated carbocycles. The summed E-state index contributed by atoms with van der Waals surface area (Å²) >= 11 is 0. The van der Waals surface area contributed by atoms with E-state index < -0.39 is 0 Å². The van der Waals surface area contributed by atoms with Gasteiger partial charge in [-0.2, -0.15) is 4.98 Å². The largest absolute Gasteiger partial charge is 0.347 e. The van der Waals surface area contributed by atoms with Crippen molar-refractivity contribution in [3.63, 3.8) is 0 Å². The lowest BCUT2D eigenvalue weighted by Gasteiger charge is -2.25. The van der Waals surface area contributed by atoms with Gasteiger partial charge in [-0.3, -0.25) is 4.57 Å². The highest BCUT2D eigenvalue weighted by molar-refractivity contribution is 5.06. The van der Waals surface area contributed by atoms with E-state index in [1.165, 1.54) is 0 Å². The highest BCUT2D eigenvalue weighted by Gasteiger charge is 2.13. The van der Waals surface area contributed by atoms with Crippen molar-refractivity contribution in [2.45, 2.75) is 53.1 Å². The number of aromatic nitrogens is 2. The second-order valence-electron chi connectivity index (χ2n) is 5.14. The van der Waals surface area contributed by atoms with Crippen molar-refractivity contribution in [2.75, 3.05) is 6.54 Å². The van der Waals surface area contributed by atoms with Crippen molar-refractivity contribution in [1.29, 1.82) is 0 Å². The number of aryl methyl sites for hydroxylation is 2. The summed E-state index contributed by atoms with van der Waals surface area (Å²) in [6.45, 7) is 11.7. The van der Waals surface area contributed by atoms with Crippen molar-refractivity contribution < 1.29 is 0 Å². The van der Waals surface area contributed by atoms with Gasteiger partial charge in [0.1, 0.15) is 0 Å². The molecule has 96 valence electrons. The monoisotopic (exact) mass is 237 g/mol. The van der Waals surface area contributed by atoms with Gasteiger partial charge in [0.2, 0.25) is 0 Å². The molecule has 0 radical (unpaired) electrons. The molecule has 0 unspecified atom stereocenters. The molecule has 17 heavy (non-hydrogen) atoms. The zero-order chi connectivity index (χ0) is 13.1. The van der Waals surface area contributed by atoms with Gasteiger partial charge in [0.25, 0.3) is 0 Å². The van der Waals surface area contributed by atoms with Crippen LogP contribution in [-0.2, 0) is 6.54 Å². The maximum absolute atomic E-state index is 11.7. The van der Waals surface area contributed by atoms with Crippen molar-refractivity contribution in [3.8, 4) is 0 Å². The first kappa shape index (κ1) is 13.9. The average Bonchev–Trinajstić information content (AvgIpc) is 2.22. The first-order valence-electron chi connectivity index (χ1n) is 6.16. The highest BCUT2D eigenvalue weighted by Crippen LogP contribution is 2.06. The molecule has 1 aromatic rings. The molecule has 1 N–H and O–H groups in total. The summed E-state index contributed by atoms with van der Waals surface area (Å²) in [4.78, 5) is 15.7. The number of hydrogen-bond donors (Lipinski definition) is 1. The van der Waals surface area contributed by atoms with Gasteiger partial charge < -0.3 is 5.32 Å². The fraction of sp³-hybridized carbons (Fsp3) is 0.692. The normalized spacial score (nSPS) is 11.8. The summed E-state index contributed by atoms with van der Waals surface area (Å²) in [5, 5.41) is 3.44. The van der Waals surface area contributed by atoms with Gasteiger partial charge in [0.15, 0.2) is 0 Å². The zero-order valence-electron chi connectivity index (χ0n) is 11.5. The van der Waals surface area contributed by atoms with Crippen molar-refractivity contribution >= 4 is 0 Å². The highest BCUT2D eigenvalue weighted by atomic mass is 16.1. The molecular weight excluding hydrogens is 214 g/mol. The van der Waals surface area contributed by atoms with Crippen LogP contribution in [0.2, 0.25) is 0 Å². The number of hydrogen-bond acceptors (Lipinski definition) is 3. The molecular formula is C13H23N3O. The Kier molecular flexibility index (Phi) is 4.46. The molecule has 0 saturated heterocycles. The van der Waals surface area contributed by atoms with E-state index >= 15 is 0 Å². The maximum atomic E-state index is 11.7. The molecule has 0 atom stereocenters. The third kappa shape index (κ3) is 3.97. The van der Waals surface area contributed by atoms with Crippen molar-refractivity contribution in [3.05, 3.63) is 27.9 Å². The summed E-state index contributed by atoms with van der Waals surface area (Å²) in [5.74, 6) is 0. The Labute approximate surface area is 103 Å². The molecule has 0 aliphatic rings. The molecule has 4 heteroatoms. The van der Waals surface area contributed by atoms with Crippen LogP contribution >= 0.6 is 0 Å². The maximum Gasteiger partial charge on any atom is 0.347 e. The fourth-order valence-corrected chi connectivity index (χ4v) is 1.68. The lowest BCUT2D eigenvalue weighted by Crippen LogP contribution is -2.41. The summed E-state index contributed by atoms with van der Waals surface area (Å²) in [6.07, 6.45) is 1.06. The molecule has 0 aliphatic heterocycles. The van der Waals surface area contributed by atoms with Gasteiger partial charge in [0.05, 0.1) is 0 Å². The molecule has 0 bridgehead atoms. The van der Waals surface area contributed by atoms with E-state index in [-0.39, 0.29) is 11.2 Å². The smallest absolute Gasteiger partial charge is 0.310 e. The van der Waals surface area contributed by atoms with Crippen LogP contribution in [0.1, 0.15) is 38.6 Å². The van der Waals surface area contributed by atoms with Crippen molar-refractivity contribution in [1.82, 2.24) is 14.9 Å². The van der Waals surface area contributed by atoms with E-state index in [9.17, 15) is 4.79 Å². The van der Waals surface area contributed by atoms with E-state index in [2.05, 4.69) is 31.1 Å². The Morgan fingerprint density at radius 2 is 2.06 bits per heavy atom. The predicted octanol–water partition coefficient (Wildman–Crippen LogP) is 1.64. The van der Waals surface area contributed by atoms with Crippen molar-refractivity contribution in [2.24, 2.45) is 0 Å². The summed E-state index contributed by atoms with van der Waals surface area (Å²) in [7, 11) is 0. The van der Waals surface area contributed by atoms with E-state index in [0.717, 1.165) is 24.4 Å². The van der Waals surface area contributed by atoms with Gasteiger partial charge in [-0.1, -0.05) is 6.92 Å². The minimum absolute atomic E-state index is 0.121. The number of rotatable bonds is 5. The molecule has 0 aromatic carbocycles. The first-order valence-corrected chi connectivity index (χ1v) is 6.16. The second-order valence-corrected chi connectivity index (χ2v) is 5.14. The van der Waals surface area contributed by atoms with Gasteiger partial charge in [-0.15, -0.1) is 0 Å². The summed E-state index contributed by atoms with van der Waals surface area (Å²) in [6, 6.07) is 1.94. The van der Waals surface area contributed by atoms with Crippen LogP contribution in [0.4, 0.5) is 0 Å². The predicted molar refractivity (Wildman–Crippen MR) is 70.3 cm³/mol. The molecule has 1 aromatic heterocycles. The van der Waals surface area contributed by atoms with Crippen LogP contribution in [0.3, 0.4) is 0 Å². The number of nitrogens with zero attached hydrogens (tertiary/aromatic N) is 2. The Hall–Kier alpha value is -1.16. The van der Waals surface area contributed by atoms with Gasteiger partial charge in [-0.05, 0) is 40.2 Å².